The molecule has 1 aromatic heterocycles. The fourth-order valence-electron chi connectivity index (χ4n) is 3.29. The van der Waals surface area contributed by atoms with Crippen molar-refractivity contribution in [3.05, 3.63) is 22.8 Å². The number of nitrogens with zero attached hydrogens (tertiary/aromatic N) is 2. The predicted octanol–water partition coefficient (Wildman–Crippen LogP) is 2.58. The van der Waals surface area contributed by atoms with Gasteiger partial charge in [-0.25, -0.2) is 4.98 Å². The van der Waals surface area contributed by atoms with Gasteiger partial charge in [0.15, 0.2) is 0 Å². The number of halogens is 1. The van der Waals surface area contributed by atoms with Crippen LogP contribution in [0.3, 0.4) is 0 Å². The third kappa shape index (κ3) is 4.18. The third-order valence-electron chi connectivity index (χ3n) is 4.69. The molecule has 0 radical (unpaired) electrons. The van der Waals surface area contributed by atoms with Gasteiger partial charge < -0.3 is 19.7 Å². The highest BCUT2D eigenvalue weighted by atomic mass is 35.5. The van der Waals surface area contributed by atoms with Crippen LogP contribution in [-0.2, 0) is 9.47 Å². The van der Waals surface area contributed by atoms with Gasteiger partial charge in [-0.05, 0) is 31.7 Å². The Morgan fingerprint density at radius 3 is 2.92 bits per heavy atom. The lowest BCUT2D eigenvalue weighted by Crippen LogP contribution is -2.40. The van der Waals surface area contributed by atoms with E-state index in [2.05, 4.69) is 10.3 Å². The van der Waals surface area contributed by atoms with Crippen LogP contribution in [0.1, 0.15) is 36.0 Å². The first-order chi connectivity index (χ1) is 11.7. The lowest BCUT2D eigenvalue weighted by molar-refractivity contribution is 0.0302. The smallest absolute Gasteiger partial charge is 0.255 e. The number of morpholine rings is 1. The highest BCUT2D eigenvalue weighted by Gasteiger charge is 2.23. The Bertz CT molecular complexity index is 578. The van der Waals surface area contributed by atoms with Crippen LogP contribution in [-0.4, -0.2) is 61.3 Å². The molecule has 3 rings (SSSR count). The summed E-state index contributed by atoms with van der Waals surface area (Å²) in [6.07, 6.45) is 6.14. The molecular formula is C17H24ClN3O3. The van der Waals surface area contributed by atoms with Crippen molar-refractivity contribution in [1.82, 2.24) is 9.88 Å². The Morgan fingerprint density at radius 2 is 2.21 bits per heavy atom. The number of pyridine rings is 1. The molecule has 0 spiro atoms. The Labute approximate surface area is 147 Å². The van der Waals surface area contributed by atoms with Crippen molar-refractivity contribution in [2.75, 3.05) is 38.7 Å². The second-order valence-electron chi connectivity index (χ2n) is 6.32. The fraction of sp³-hybridized carbons (Fsp3) is 0.647. The predicted molar refractivity (Wildman–Crippen MR) is 92.6 cm³/mol. The first-order valence-corrected chi connectivity index (χ1v) is 8.87. The summed E-state index contributed by atoms with van der Waals surface area (Å²) in [5.41, 5.74) is 0.519. The molecule has 1 aliphatic heterocycles. The van der Waals surface area contributed by atoms with E-state index in [-0.39, 0.29) is 12.0 Å². The molecule has 2 fully saturated rings. The Hall–Kier alpha value is -1.37. The van der Waals surface area contributed by atoms with Crippen LogP contribution in [0.2, 0.25) is 5.02 Å². The molecule has 0 aromatic carbocycles. The number of amides is 1. The van der Waals surface area contributed by atoms with Gasteiger partial charge in [-0.1, -0.05) is 11.6 Å². The summed E-state index contributed by atoms with van der Waals surface area (Å²) in [6.45, 7) is 2.37. The number of carbonyl (C=O) groups excluding carboxylic acids is 1. The number of methoxy groups -OCH3 is 1. The van der Waals surface area contributed by atoms with Crippen LogP contribution < -0.4 is 5.32 Å². The summed E-state index contributed by atoms with van der Waals surface area (Å²) in [4.78, 5) is 18.6. The molecule has 6 nitrogen and oxygen atoms in total. The van der Waals surface area contributed by atoms with E-state index in [1.165, 1.54) is 0 Å². The highest BCUT2D eigenvalue weighted by molar-refractivity contribution is 6.33. The molecule has 1 aromatic rings. The second-order valence-corrected chi connectivity index (χ2v) is 6.73. The van der Waals surface area contributed by atoms with Crippen molar-refractivity contribution < 1.29 is 14.3 Å². The van der Waals surface area contributed by atoms with E-state index in [1.807, 2.05) is 0 Å². The monoisotopic (exact) mass is 353 g/mol. The number of anilines is 1. The molecule has 1 N–H and O–H groups in total. The lowest BCUT2D eigenvalue weighted by Gasteiger charge is -2.29. The quantitative estimate of drug-likeness (QED) is 0.901. The number of nitrogens with one attached hydrogen (secondary N) is 1. The number of hydrogen-bond acceptors (Lipinski definition) is 5. The van der Waals surface area contributed by atoms with E-state index in [4.69, 9.17) is 21.1 Å². The van der Waals surface area contributed by atoms with Gasteiger partial charge in [0, 0.05) is 32.4 Å². The zero-order valence-electron chi connectivity index (χ0n) is 14.0. The molecule has 2 unspecified atom stereocenters. The molecule has 0 bridgehead atoms. The minimum atomic E-state index is -0.0450. The SMILES string of the molecule is COC1CCCC(Nc2ncc(C(=O)N3CCOCC3)cc2Cl)C1. The van der Waals surface area contributed by atoms with Crippen LogP contribution in [0.5, 0.6) is 0 Å². The summed E-state index contributed by atoms with van der Waals surface area (Å²) in [5, 5.41) is 3.87. The molecular weight excluding hydrogens is 330 g/mol. The summed E-state index contributed by atoms with van der Waals surface area (Å²) in [7, 11) is 1.75. The zero-order valence-corrected chi connectivity index (χ0v) is 14.7. The van der Waals surface area contributed by atoms with E-state index in [0.717, 1.165) is 25.7 Å². The maximum atomic E-state index is 12.5. The average Bonchev–Trinajstić information content (AvgIpc) is 2.63. The van der Waals surface area contributed by atoms with Crippen LogP contribution in [0.15, 0.2) is 12.3 Å². The first-order valence-electron chi connectivity index (χ1n) is 8.49. The number of hydrogen-bond donors (Lipinski definition) is 1. The number of ether oxygens (including phenoxy) is 2. The molecule has 1 saturated carbocycles. The molecule has 1 amide bonds. The molecule has 2 aliphatic rings. The average molecular weight is 354 g/mol. The zero-order chi connectivity index (χ0) is 16.9. The standard InChI is InChI=1S/C17H24ClN3O3/c1-23-14-4-2-3-13(10-14)20-16-15(18)9-12(11-19-16)17(22)21-5-7-24-8-6-21/h9,11,13-14H,2-8,10H2,1H3,(H,19,20). The Balaban J connectivity index is 1.64. The normalized spacial score (nSPS) is 24.7. The Morgan fingerprint density at radius 1 is 1.42 bits per heavy atom. The first kappa shape index (κ1) is 17.5. The van der Waals surface area contributed by atoms with Gasteiger partial charge in [0.1, 0.15) is 5.82 Å². The van der Waals surface area contributed by atoms with Crippen LogP contribution in [0, 0.1) is 0 Å². The maximum absolute atomic E-state index is 12.5. The fourth-order valence-corrected chi connectivity index (χ4v) is 3.51. The highest BCUT2D eigenvalue weighted by Crippen LogP contribution is 2.27. The van der Waals surface area contributed by atoms with Gasteiger partial charge in [0.05, 0.1) is 29.9 Å². The molecule has 2 heterocycles. The largest absolute Gasteiger partial charge is 0.381 e. The third-order valence-corrected chi connectivity index (χ3v) is 4.97. The second kappa shape index (κ2) is 8.14. The topological polar surface area (TPSA) is 63.7 Å². The van der Waals surface area contributed by atoms with E-state index < -0.39 is 0 Å². The van der Waals surface area contributed by atoms with Gasteiger partial charge in [-0.15, -0.1) is 0 Å². The van der Waals surface area contributed by atoms with Crippen molar-refractivity contribution in [3.8, 4) is 0 Å². The minimum Gasteiger partial charge on any atom is -0.381 e. The van der Waals surface area contributed by atoms with E-state index >= 15 is 0 Å². The van der Waals surface area contributed by atoms with Crippen LogP contribution in [0.4, 0.5) is 5.82 Å². The van der Waals surface area contributed by atoms with Crippen molar-refractivity contribution in [2.24, 2.45) is 0 Å². The summed E-state index contributed by atoms with van der Waals surface area (Å²) in [5.74, 6) is 0.591. The van der Waals surface area contributed by atoms with E-state index in [9.17, 15) is 4.79 Å². The summed E-state index contributed by atoms with van der Waals surface area (Å²) in [6, 6.07) is 2.00. The van der Waals surface area contributed by atoms with Crippen molar-refractivity contribution >= 4 is 23.3 Å². The number of rotatable bonds is 4. The van der Waals surface area contributed by atoms with Crippen LogP contribution >= 0.6 is 11.6 Å². The van der Waals surface area contributed by atoms with Crippen molar-refractivity contribution in [3.63, 3.8) is 0 Å². The van der Waals surface area contributed by atoms with E-state index in [1.54, 1.807) is 24.3 Å². The van der Waals surface area contributed by atoms with E-state index in [0.29, 0.717) is 48.7 Å². The number of carbonyl (C=O) groups is 1. The van der Waals surface area contributed by atoms with Crippen molar-refractivity contribution in [1.29, 1.82) is 0 Å². The summed E-state index contributed by atoms with van der Waals surface area (Å²) < 4.78 is 10.7. The van der Waals surface area contributed by atoms with Gasteiger partial charge in [-0.2, -0.15) is 0 Å². The Kier molecular flexibility index (Phi) is 5.92. The van der Waals surface area contributed by atoms with Crippen molar-refractivity contribution in [2.45, 2.75) is 37.8 Å². The molecule has 132 valence electrons. The molecule has 24 heavy (non-hydrogen) atoms. The molecule has 7 heteroatoms. The molecule has 2 atom stereocenters. The van der Waals surface area contributed by atoms with Gasteiger partial charge in [0.2, 0.25) is 0 Å². The maximum Gasteiger partial charge on any atom is 0.255 e. The summed E-state index contributed by atoms with van der Waals surface area (Å²) >= 11 is 6.35. The van der Waals surface area contributed by atoms with Gasteiger partial charge in [0.25, 0.3) is 5.91 Å². The number of aromatic nitrogens is 1. The van der Waals surface area contributed by atoms with Gasteiger partial charge >= 0.3 is 0 Å². The van der Waals surface area contributed by atoms with Crippen LogP contribution in [0.25, 0.3) is 0 Å². The minimum absolute atomic E-state index is 0.0450. The molecule has 1 saturated heterocycles. The lowest BCUT2D eigenvalue weighted by atomic mass is 9.93. The van der Waals surface area contributed by atoms with Gasteiger partial charge in [-0.3, -0.25) is 4.79 Å². The molecule has 1 aliphatic carbocycles.